The van der Waals surface area contributed by atoms with Gasteiger partial charge in [0.25, 0.3) is 0 Å². The van der Waals surface area contributed by atoms with E-state index in [1.807, 2.05) is 0 Å². The van der Waals surface area contributed by atoms with E-state index in [1.54, 1.807) is 31.2 Å². The second kappa shape index (κ2) is 5.92. The maximum atomic E-state index is 10.3. The van der Waals surface area contributed by atoms with Gasteiger partial charge in [-0.2, -0.15) is 0 Å². The third kappa shape index (κ3) is 4.14. The molecular formula is C12H14O4. The van der Waals surface area contributed by atoms with Crippen molar-refractivity contribution in [2.24, 2.45) is 0 Å². The molecule has 0 fully saturated rings. The minimum absolute atomic E-state index is 0.495. The second-order valence-electron chi connectivity index (χ2n) is 3.22. The maximum absolute atomic E-state index is 10.3. The molecule has 0 aliphatic heterocycles. The van der Waals surface area contributed by atoms with E-state index < -0.39 is 12.3 Å². The molecule has 2 N–H and O–H groups in total. The first-order valence-electron chi connectivity index (χ1n) is 4.97. The van der Waals surface area contributed by atoms with Crippen LogP contribution in [0.25, 0.3) is 6.08 Å². The number of carboxylic acid groups (broad SMARTS) is 1. The Morgan fingerprint density at radius 1 is 1.56 bits per heavy atom. The first-order chi connectivity index (χ1) is 7.61. The molecule has 16 heavy (non-hydrogen) atoms. The highest BCUT2D eigenvalue weighted by Crippen LogP contribution is 2.16. The number of carbonyl (C=O) groups is 1. The van der Waals surface area contributed by atoms with Crippen molar-refractivity contribution < 1.29 is 19.7 Å². The lowest BCUT2D eigenvalue weighted by molar-refractivity contribution is -0.131. The van der Waals surface area contributed by atoms with Crippen molar-refractivity contribution >= 4 is 12.0 Å². The molecule has 0 saturated carbocycles. The van der Waals surface area contributed by atoms with Crippen LogP contribution in [0, 0.1) is 0 Å². The maximum Gasteiger partial charge on any atom is 0.328 e. The van der Waals surface area contributed by atoms with Crippen LogP contribution in [0.3, 0.4) is 0 Å². The van der Waals surface area contributed by atoms with Crippen LogP contribution in [0.15, 0.2) is 30.3 Å². The summed E-state index contributed by atoms with van der Waals surface area (Å²) in [6.45, 7) is 1.80. The Morgan fingerprint density at radius 2 is 2.31 bits per heavy atom. The molecule has 4 nitrogen and oxygen atoms in total. The van der Waals surface area contributed by atoms with Gasteiger partial charge in [-0.1, -0.05) is 19.1 Å². The smallest absolute Gasteiger partial charge is 0.328 e. The monoisotopic (exact) mass is 222 g/mol. The lowest BCUT2D eigenvalue weighted by Crippen LogP contribution is -2.13. The molecule has 0 aromatic heterocycles. The third-order valence-corrected chi connectivity index (χ3v) is 1.90. The topological polar surface area (TPSA) is 66.8 Å². The molecule has 86 valence electrons. The highest BCUT2D eigenvalue weighted by molar-refractivity contribution is 5.85. The summed E-state index contributed by atoms with van der Waals surface area (Å²) in [4.78, 5) is 10.3. The van der Waals surface area contributed by atoms with Crippen molar-refractivity contribution in [3.63, 3.8) is 0 Å². The SMILES string of the molecule is CCC(O)Oc1cccc(/C=C/C(=O)O)c1. The van der Waals surface area contributed by atoms with Crippen LogP contribution in [0.2, 0.25) is 0 Å². The summed E-state index contributed by atoms with van der Waals surface area (Å²) in [5.41, 5.74) is 0.711. The van der Waals surface area contributed by atoms with Crippen molar-refractivity contribution in [1.29, 1.82) is 0 Å². The van der Waals surface area contributed by atoms with Gasteiger partial charge in [-0.25, -0.2) is 4.79 Å². The quantitative estimate of drug-likeness (QED) is 0.589. The molecule has 1 aromatic carbocycles. The number of hydrogen-bond donors (Lipinski definition) is 2. The summed E-state index contributed by atoms with van der Waals surface area (Å²) in [5.74, 6) is -0.484. The van der Waals surface area contributed by atoms with E-state index in [0.717, 1.165) is 6.08 Å². The first-order valence-corrected chi connectivity index (χ1v) is 4.97. The average Bonchev–Trinajstić information content (AvgIpc) is 2.26. The highest BCUT2D eigenvalue weighted by atomic mass is 16.6. The molecule has 1 rings (SSSR count). The van der Waals surface area contributed by atoms with Gasteiger partial charge in [0.2, 0.25) is 0 Å². The van der Waals surface area contributed by atoms with Gasteiger partial charge in [-0.15, -0.1) is 0 Å². The van der Waals surface area contributed by atoms with Gasteiger partial charge in [-0.3, -0.25) is 0 Å². The predicted molar refractivity (Wildman–Crippen MR) is 60.0 cm³/mol. The van der Waals surface area contributed by atoms with Gasteiger partial charge in [-0.05, 0) is 23.8 Å². The van der Waals surface area contributed by atoms with Crippen LogP contribution in [0.5, 0.6) is 5.75 Å². The van der Waals surface area contributed by atoms with Crippen molar-refractivity contribution in [3.05, 3.63) is 35.9 Å². The Kier molecular flexibility index (Phi) is 4.54. The van der Waals surface area contributed by atoms with Crippen molar-refractivity contribution in [2.45, 2.75) is 19.6 Å². The summed E-state index contributed by atoms with van der Waals surface area (Å²) in [6.07, 6.45) is 2.18. The zero-order valence-electron chi connectivity index (χ0n) is 8.96. The normalized spacial score (nSPS) is 12.6. The van der Waals surface area contributed by atoms with Crippen molar-refractivity contribution in [3.8, 4) is 5.75 Å². The predicted octanol–water partition coefficient (Wildman–Crippen LogP) is 1.89. The fourth-order valence-corrected chi connectivity index (χ4v) is 1.10. The molecule has 4 heteroatoms. The zero-order chi connectivity index (χ0) is 12.0. The molecule has 1 atom stereocenters. The van der Waals surface area contributed by atoms with E-state index in [9.17, 15) is 9.90 Å². The summed E-state index contributed by atoms with van der Waals surface area (Å²) in [7, 11) is 0. The van der Waals surface area contributed by atoms with Crippen LogP contribution >= 0.6 is 0 Å². The summed E-state index contributed by atoms with van der Waals surface area (Å²) >= 11 is 0. The molecule has 1 aromatic rings. The number of benzene rings is 1. The molecular weight excluding hydrogens is 208 g/mol. The van der Waals surface area contributed by atoms with Gasteiger partial charge in [0, 0.05) is 12.5 Å². The molecule has 0 radical (unpaired) electrons. The number of aliphatic carboxylic acids is 1. The van der Waals surface area contributed by atoms with Gasteiger partial charge in [0.05, 0.1) is 0 Å². The van der Waals surface area contributed by atoms with Gasteiger partial charge in [0.15, 0.2) is 6.29 Å². The molecule has 0 saturated heterocycles. The Bertz CT molecular complexity index is 384. The number of carboxylic acids is 1. The van der Waals surface area contributed by atoms with Crippen LogP contribution < -0.4 is 4.74 Å². The van der Waals surface area contributed by atoms with Crippen LogP contribution in [0.1, 0.15) is 18.9 Å². The average molecular weight is 222 g/mol. The van der Waals surface area contributed by atoms with E-state index in [2.05, 4.69) is 0 Å². The molecule has 0 heterocycles. The van der Waals surface area contributed by atoms with E-state index in [4.69, 9.17) is 9.84 Å². The molecule has 0 spiro atoms. The minimum Gasteiger partial charge on any atom is -0.478 e. The second-order valence-corrected chi connectivity index (χ2v) is 3.22. The number of rotatable bonds is 5. The van der Waals surface area contributed by atoms with Crippen molar-refractivity contribution in [2.75, 3.05) is 0 Å². The summed E-state index contributed by atoms with van der Waals surface area (Å²) in [5, 5.41) is 17.8. The van der Waals surface area contributed by atoms with Crippen LogP contribution in [0.4, 0.5) is 0 Å². The Hall–Kier alpha value is -1.81. The van der Waals surface area contributed by atoms with Crippen molar-refractivity contribution in [1.82, 2.24) is 0 Å². The Balaban J connectivity index is 2.74. The van der Waals surface area contributed by atoms with Gasteiger partial charge in [0.1, 0.15) is 5.75 Å². The highest BCUT2D eigenvalue weighted by Gasteiger charge is 2.02. The Morgan fingerprint density at radius 3 is 2.94 bits per heavy atom. The largest absolute Gasteiger partial charge is 0.478 e. The lowest BCUT2D eigenvalue weighted by Gasteiger charge is -2.11. The first kappa shape index (κ1) is 12.3. The standard InChI is InChI=1S/C12H14O4/c1-2-12(15)16-10-5-3-4-9(8-10)6-7-11(13)14/h3-8,12,15H,2H2,1H3,(H,13,14)/b7-6+. The van der Waals surface area contributed by atoms with E-state index >= 15 is 0 Å². The third-order valence-electron chi connectivity index (χ3n) is 1.90. The van der Waals surface area contributed by atoms with Gasteiger partial charge >= 0.3 is 5.97 Å². The molecule has 0 bridgehead atoms. The van der Waals surface area contributed by atoms with E-state index in [1.165, 1.54) is 6.08 Å². The molecule has 0 aliphatic rings. The van der Waals surface area contributed by atoms with E-state index in [-0.39, 0.29) is 0 Å². The number of ether oxygens (including phenoxy) is 1. The fraction of sp³-hybridized carbons (Fsp3) is 0.250. The van der Waals surface area contributed by atoms with E-state index in [0.29, 0.717) is 17.7 Å². The van der Waals surface area contributed by atoms with Gasteiger partial charge < -0.3 is 14.9 Å². The number of aliphatic hydroxyl groups excluding tert-OH is 1. The number of hydrogen-bond acceptors (Lipinski definition) is 3. The molecule has 0 amide bonds. The summed E-state index contributed by atoms with van der Waals surface area (Å²) < 4.78 is 5.19. The fourth-order valence-electron chi connectivity index (χ4n) is 1.10. The zero-order valence-corrected chi connectivity index (χ0v) is 8.96. The minimum atomic E-state index is -1.00. The summed E-state index contributed by atoms with van der Waals surface area (Å²) in [6, 6.07) is 6.86. The Labute approximate surface area is 93.8 Å². The van der Waals surface area contributed by atoms with Crippen LogP contribution in [-0.2, 0) is 4.79 Å². The molecule has 1 unspecified atom stereocenters. The number of aliphatic hydroxyl groups is 1. The lowest BCUT2D eigenvalue weighted by atomic mass is 10.2. The molecule has 0 aliphatic carbocycles. The van der Waals surface area contributed by atoms with Crippen LogP contribution in [-0.4, -0.2) is 22.5 Å².